The van der Waals surface area contributed by atoms with Crippen molar-refractivity contribution in [3.63, 3.8) is 0 Å². The number of hydrogen-bond acceptors (Lipinski definition) is 3. The van der Waals surface area contributed by atoms with E-state index in [2.05, 4.69) is 15.0 Å². The predicted molar refractivity (Wildman–Crippen MR) is 69.4 cm³/mol. The van der Waals surface area contributed by atoms with Crippen molar-refractivity contribution in [2.75, 3.05) is 0 Å². The maximum atomic E-state index is 13.0. The number of hydrogen-bond donors (Lipinski definition) is 1. The van der Waals surface area contributed by atoms with E-state index in [1.54, 1.807) is 25.3 Å². The van der Waals surface area contributed by atoms with E-state index >= 15 is 0 Å². The van der Waals surface area contributed by atoms with Crippen LogP contribution in [0.25, 0.3) is 22.3 Å². The third-order valence-electron chi connectivity index (χ3n) is 2.92. The zero-order valence-electron chi connectivity index (χ0n) is 10.1. The minimum Gasteiger partial charge on any atom is -0.345 e. The number of aldehydes is 1. The number of nitrogens with one attached hydrogen (secondary N) is 1. The van der Waals surface area contributed by atoms with E-state index in [0.29, 0.717) is 28.1 Å². The Morgan fingerprint density at radius 3 is 2.63 bits per heavy atom. The molecule has 0 amide bonds. The first-order valence-electron chi connectivity index (χ1n) is 5.76. The molecular formula is C14H10FN3O. The molecule has 19 heavy (non-hydrogen) atoms. The van der Waals surface area contributed by atoms with Gasteiger partial charge in [0.1, 0.15) is 17.3 Å². The summed E-state index contributed by atoms with van der Waals surface area (Å²) in [5.41, 5.74) is 2.48. The van der Waals surface area contributed by atoms with Gasteiger partial charge in [0, 0.05) is 17.3 Å². The molecule has 0 aliphatic heterocycles. The smallest absolute Gasteiger partial charge is 0.152 e. The van der Waals surface area contributed by atoms with Gasteiger partial charge >= 0.3 is 0 Å². The van der Waals surface area contributed by atoms with Crippen LogP contribution in [0.1, 0.15) is 16.2 Å². The zero-order valence-corrected chi connectivity index (χ0v) is 10.1. The molecule has 2 heterocycles. The monoisotopic (exact) mass is 255 g/mol. The largest absolute Gasteiger partial charge is 0.345 e. The Morgan fingerprint density at radius 2 is 1.95 bits per heavy atom. The highest BCUT2D eigenvalue weighted by molar-refractivity contribution is 6.03. The van der Waals surface area contributed by atoms with Gasteiger partial charge in [0.25, 0.3) is 0 Å². The molecule has 0 saturated carbocycles. The Bertz CT molecular complexity index is 762. The molecule has 0 aliphatic rings. The number of aryl methyl sites for hydroxylation is 1. The number of aromatic amines is 1. The lowest BCUT2D eigenvalue weighted by atomic mass is 10.1. The van der Waals surface area contributed by atoms with Crippen LogP contribution in [0.5, 0.6) is 0 Å². The van der Waals surface area contributed by atoms with Crippen molar-refractivity contribution in [2.24, 2.45) is 0 Å². The summed E-state index contributed by atoms with van der Waals surface area (Å²) in [4.78, 5) is 22.6. The summed E-state index contributed by atoms with van der Waals surface area (Å²) in [6.45, 7) is 1.77. The van der Waals surface area contributed by atoms with Crippen LogP contribution in [0.4, 0.5) is 4.39 Å². The van der Waals surface area contributed by atoms with E-state index < -0.39 is 0 Å². The third kappa shape index (κ3) is 1.89. The predicted octanol–water partition coefficient (Wildman–Crippen LogP) is 2.88. The molecule has 1 N–H and O–H groups in total. The van der Waals surface area contributed by atoms with Crippen LogP contribution in [-0.2, 0) is 0 Å². The van der Waals surface area contributed by atoms with E-state index in [-0.39, 0.29) is 5.82 Å². The summed E-state index contributed by atoms with van der Waals surface area (Å²) in [7, 11) is 0. The fourth-order valence-electron chi connectivity index (χ4n) is 2.08. The van der Waals surface area contributed by atoms with Crippen molar-refractivity contribution >= 4 is 17.3 Å². The topological polar surface area (TPSA) is 58.6 Å². The summed E-state index contributed by atoms with van der Waals surface area (Å²) in [6.07, 6.45) is 2.35. The summed E-state index contributed by atoms with van der Waals surface area (Å²) < 4.78 is 13.0. The molecule has 3 aromatic rings. The second-order valence-corrected chi connectivity index (χ2v) is 4.21. The van der Waals surface area contributed by atoms with Gasteiger partial charge in [-0.05, 0) is 31.2 Å². The third-order valence-corrected chi connectivity index (χ3v) is 2.92. The van der Waals surface area contributed by atoms with Crippen molar-refractivity contribution < 1.29 is 9.18 Å². The van der Waals surface area contributed by atoms with Gasteiger partial charge in [-0.25, -0.2) is 14.4 Å². The number of aromatic nitrogens is 3. The number of fused-ring (bicyclic) bond motifs is 1. The Labute approximate surface area is 108 Å². The number of halogens is 1. The standard InChI is InChI=1S/C14H10FN3O/c1-8-17-13(9-2-4-11(15)5-3-9)12-10(7-19)6-16-14(12)18-8/h2-7H,1H3,(H,16,17,18). The van der Waals surface area contributed by atoms with E-state index in [1.807, 2.05) is 0 Å². The SMILES string of the molecule is Cc1nc(-c2ccc(F)cc2)c2c(C=O)c[nH]c2n1. The van der Waals surface area contributed by atoms with Crippen LogP contribution in [0, 0.1) is 12.7 Å². The second kappa shape index (κ2) is 4.28. The molecule has 0 fully saturated rings. The Kier molecular flexibility index (Phi) is 2.59. The van der Waals surface area contributed by atoms with Gasteiger partial charge in [-0.15, -0.1) is 0 Å². The Balaban J connectivity index is 2.35. The van der Waals surface area contributed by atoms with E-state index in [4.69, 9.17) is 0 Å². The number of carbonyl (C=O) groups is 1. The molecular weight excluding hydrogens is 245 g/mol. The lowest BCUT2D eigenvalue weighted by Gasteiger charge is -2.04. The van der Waals surface area contributed by atoms with Crippen LogP contribution in [0.3, 0.4) is 0 Å². The molecule has 0 aliphatic carbocycles. The fourth-order valence-corrected chi connectivity index (χ4v) is 2.08. The average Bonchev–Trinajstić information content (AvgIpc) is 2.81. The summed E-state index contributed by atoms with van der Waals surface area (Å²) in [5, 5.41) is 0.659. The summed E-state index contributed by atoms with van der Waals surface area (Å²) in [5.74, 6) is 0.279. The van der Waals surface area contributed by atoms with Crippen LogP contribution in [0.2, 0.25) is 0 Å². The van der Waals surface area contributed by atoms with Gasteiger partial charge in [0.05, 0.1) is 11.1 Å². The van der Waals surface area contributed by atoms with Crippen molar-refractivity contribution in [3.8, 4) is 11.3 Å². The number of H-pyrrole nitrogens is 1. The van der Waals surface area contributed by atoms with Crippen LogP contribution in [-0.4, -0.2) is 21.2 Å². The van der Waals surface area contributed by atoms with Gasteiger partial charge in [-0.3, -0.25) is 4.79 Å². The maximum absolute atomic E-state index is 13.0. The minimum atomic E-state index is -0.310. The van der Waals surface area contributed by atoms with Crippen LogP contribution in [0.15, 0.2) is 30.5 Å². The molecule has 0 unspecified atom stereocenters. The molecule has 0 bridgehead atoms. The van der Waals surface area contributed by atoms with E-state index in [9.17, 15) is 9.18 Å². The van der Waals surface area contributed by atoms with Crippen molar-refractivity contribution in [1.82, 2.24) is 15.0 Å². The second-order valence-electron chi connectivity index (χ2n) is 4.21. The van der Waals surface area contributed by atoms with Gasteiger partial charge < -0.3 is 4.98 Å². The first-order chi connectivity index (χ1) is 9.19. The van der Waals surface area contributed by atoms with Crippen molar-refractivity contribution in [1.29, 1.82) is 0 Å². The molecule has 0 radical (unpaired) electrons. The molecule has 4 nitrogen and oxygen atoms in total. The Morgan fingerprint density at radius 1 is 1.21 bits per heavy atom. The van der Waals surface area contributed by atoms with Gasteiger partial charge in [-0.1, -0.05) is 0 Å². The number of benzene rings is 1. The molecule has 0 saturated heterocycles. The highest BCUT2D eigenvalue weighted by Gasteiger charge is 2.13. The molecule has 3 rings (SSSR count). The van der Waals surface area contributed by atoms with Gasteiger partial charge in [0.2, 0.25) is 0 Å². The van der Waals surface area contributed by atoms with Gasteiger partial charge in [0.15, 0.2) is 6.29 Å². The molecule has 2 aromatic heterocycles. The fraction of sp³-hybridized carbons (Fsp3) is 0.0714. The van der Waals surface area contributed by atoms with Crippen molar-refractivity contribution in [3.05, 3.63) is 47.7 Å². The van der Waals surface area contributed by atoms with Crippen molar-refractivity contribution in [2.45, 2.75) is 6.92 Å². The highest BCUT2D eigenvalue weighted by atomic mass is 19.1. The van der Waals surface area contributed by atoms with E-state index in [1.165, 1.54) is 12.1 Å². The lowest BCUT2D eigenvalue weighted by Crippen LogP contribution is -1.94. The Hall–Kier alpha value is -2.56. The first kappa shape index (κ1) is 11.5. The molecule has 94 valence electrons. The van der Waals surface area contributed by atoms with Crippen LogP contribution >= 0.6 is 0 Å². The zero-order chi connectivity index (χ0) is 13.4. The summed E-state index contributed by atoms with van der Waals surface area (Å²) in [6, 6.07) is 6.01. The number of rotatable bonds is 2. The number of nitrogens with zero attached hydrogens (tertiary/aromatic N) is 2. The molecule has 0 atom stereocenters. The highest BCUT2D eigenvalue weighted by Crippen LogP contribution is 2.28. The minimum absolute atomic E-state index is 0.310. The molecule has 0 spiro atoms. The van der Waals surface area contributed by atoms with Gasteiger partial charge in [-0.2, -0.15) is 0 Å². The average molecular weight is 255 g/mol. The number of carbonyl (C=O) groups excluding carboxylic acids is 1. The maximum Gasteiger partial charge on any atom is 0.152 e. The molecule has 1 aromatic carbocycles. The molecule has 5 heteroatoms. The quantitative estimate of drug-likeness (QED) is 0.716. The van der Waals surface area contributed by atoms with E-state index in [0.717, 1.165) is 11.8 Å². The normalized spacial score (nSPS) is 10.8. The summed E-state index contributed by atoms with van der Waals surface area (Å²) >= 11 is 0. The van der Waals surface area contributed by atoms with Crippen LogP contribution < -0.4 is 0 Å². The lowest BCUT2D eigenvalue weighted by molar-refractivity contribution is 0.112. The first-order valence-corrected chi connectivity index (χ1v) is 5.76.